The van der Waals surface area contributed by atoms with Crippen LogP contribution in [0.5, 0.6) is 0 Å². The van der Waals surface area contributed by atoms with Gasteiger partial charge in [0.2, 0.25) is 0 Å². The lowest BCUT2D eigenvalue weighted by molar-refractivity contribution is 0.0195. The number of carbonyl (C=O) groups is 1. The second-order valence-electron chi connectivity index (χ2n) is 6.14. The zero-order chi connectivity index (χ0) is 15.6. The van der Waals surface area contributed by atoms with E-state index in [1.54, 1.807) is 11.0 Å². The normalized spacial score (nSPS) is 19.5. The third-order valence-corrected chi connectivity index (χ3v) is 3.33. The lowest BCUT2D eigenvalue weighted by atomic mass is 10.0. The van der Waals surface area contributed by atoms with Gasteiger partial charge in [0.25, 0.3) is 0 Å². The Morgan fingerprint density at radius 3 is 2.76 bits per heavy atom. The quantitative estimate of drug-likeness (QED) is 0.864. The van der Waals surface area contributed by atoms with Crippen LogP contribution in [0.1, 0.15) is 32.4 Å². The topological polar surface area (TPSA) is 41.6 Å². The molecule has 0 saturated carbocycles. The number of nitrogens with one attached hydrogen (secondary N) is 1. The number of piperazine rings is 1. The maximum atomic E-state index is 13.4. The van der Waals surface area contributed by atoms with Crippen LogP contribution in [0, 0.1) is 5.82 Å². The first kappa shape index (κ1) is 16.0. The second-order valence-corrected chi connectivity index (χ2v) is 6.57. The van der Waals surface area contributed by atoms with E-state index in [-0.39, 0.29) is 18.0 Å². The summed E-state index contributed by atoms with van der Waals surface area (Å²) in [7, 11) is 0. The Hall–Kier alpha value is -1.33. The van der Waals surface area contributed by atoms with Gasteiger partial charge in [-0.05, 0) is 44.5 Å². The van der Waals surface area contributed by atoms with Gasteiger partial charge in [-0.3, -0.25) is 0 Å². The first-order valence-corrected chi connectivity index (χ1v) is 7.30. The minimum Gasteiger partial charge on any atom is -0.444 e. The van der Waals surface area contributed by atoms with Gasteiger partial charge in [0.15, 0.2) is 0 Å². The molecule has 21 heavy (non-hydrogen) atoms. The summed E-state index contributed by atoms with van der Waals surface area (Å²) in [6.07, 6.45) is -0.350. The summed E-state index contributed by atoms with van der Waals surface area (Å²) in [5.74, 6) is -0.381. The second kappa shape index (κ2) is 6.20. The van der Waals surface area contributed by atoms with Crippen LogP contribution in [0.3, 0.4) is 0 Å². The van der Waals surface area contributed by atoms with Gasteiger partial charge in [-0.25, -0.2) is 9.18 Å². The number of halogens is 2. The van der Waals surface area contributed by atoms with E-state index in [0.717, 1.165) is 5.56 Å². The van der Waals surface area contributed by atoms with Crippen LogP contribution in [-0.4, -0.2) is 36.2 Å². The van der Waals surface area contributed by atoms with Crippen molar-refractivity contribution < 1.29 is 13.9 Å². The molecule has 1 saturated heterocycles. The Bertz CT molecular complexity index is 511. The molecule has 1 atom stereocenters. The maximum absolute atomic E-state index is 13.4. The smallest absolute Gasteiger partial charge is 0.410 e. The predicted octanol–water partition coefficient (Wildman–Crippen LogP) is 3.36. The van der Waals surface area contributed by atoms with Crippen LogP contribution >= 0.6 is 11.6 Å². The summed E-state index contributed by atoms with van der Waals surface area (Å²) in [5, 5.41) is 3.61. The van der Waals surface area contributed by atoms with Crippen molar-refractivity contribution in [2.45, 2.75) is 32.4 Å². The van der Waals surface area contributed by atoms with Crippen molar-refractivity contribution in [3.63, 3.8) is 0 Å². The third-order valence-electron chi connectivity index (χ3n) is 3.11. The molecule has 0 radical (unpaired) electrons. The van der Waals surface area contributed by atoms with Crippen LogP contribution in [0.4, 0.5) is 9.18 Å². The number of amides is 1. The fraction of sp³-hybridized carbons (Fsp3) is 0.533. The molecule has 0 bridgehead atoms. The van der Waals surface area contributed by atoms with Crippen LogP contribution in [0.2, 0.25) is 5.02 Å². The van der Waals surface area contributed by atoms with Crippen molar-refractivity contribution in [1.82, 2.24) is 10.2 Å². The number of carbonyl (C=O) groups excluding carboxylic acids is 1. The molecular weight excluding hydrogens is 295 g/mol. The van der Waals surface area contributed by atoms with Gasteiger partial charge in [0.1, 0.15) is 11.4 Å². The molecule has 1 N–H and O–H groups in total. The summed E-state index contributed by atoms with van der Waals surface area (Å²) in [5.41, 5.74) is 0.202. The summed E-state index contributed by atoms with van der Waals surface area (Å²) < 4.78 is 18.8. The molecule has 0 spiro atoms. The molecule has 1 aromatic carbocycles. The largest absolute Gasteiger partial charge is 0.444 e. The number of rotatable bonds is 1. The van der Waals surface area contributed by atoms with Crippen molar-refractivity contribution in [2.75, 3.05) is 19.6 Å². The van der Waals surface area contributed by atoms with E-state index in [1.165, 1.54) is 12.1 Å². The van der Waals surface area contributed by atoms with E-state index in [4.69, 9.17) is 16.3 Å². The highest BCUT2D eigenvalue weighted by Crippen LogP contribution is 2.23. The Morgan fingerprint density at radius 2 is 2.14 bits per heavy atom. The first-order valence-electron chi connectivity index (χ1n) is 6.92. The minimum atomic E-state index is -0.528. The number of nitrogens with zero attached hydrogens (tertiary/aromatic N) is 1. The number of benzene rings is 1. The first-order chi connectivity index (χ1) is 9.74. The molecule has 4 nitrogen and oxygen atoms in total. The monoisotopic (exact) mass is 314 g/mol. The fourth-order valence-electron chi connectivity index (χ4n) is 2.24. The molecule has 1 fully saturated rings. The molecular formula is C15H20ClFN2O2. The van der Waals surface area contributed by atoms with E-state index in [2.05, 4.69) is 5.32 Å². The van der Waals surface area contributed by atoms with Gasteiger partial charge in [-0.15, -0.1) is 0 Å². The molecule has 2 rings (SSSR count). The minimum absolute atomic E-state index is 0.153. The van der Waals surface area contributed by atoms with E-state index in [1.807, 2.05) is 20.8 Å². The van der Waals surface area contributed by atoms with Crippen molar-refractivity contribution in [3.8, 4) is 0 Å². The van der Waals surface area contributed by atoms with Crippen molar-refractivity contribution in [1.29, 1.82) is 0 Å². The van der Waals surface area contributed by atoms with E-state index in [9.17, 15) is 9.18 Å². The van der Waals surface area contributed by atoms with Gasteiger partial charge >= 0.3 is 6.09 Å². The highest BCUT2D eigenvalue weighted by atomic mass is 35.5. The zero-order valence-corrected chi connectivity index (χ0v) is 13.2. The highest BCUT2D eigenvalue weighted by Gasteiger charge is 2.28. The van der Waals surface area contributed by atoms with Gasteiger partial charge in [-0.2, -0.15) is 0 Å². The number of hydrogen-bond acceptors (Lipinski definition) is 3. The number of ether oxygens (including phenoxy) is 1. The maximum Gasteiger partial charge on any atom is 0.410 e. The van der Waals surface area contributed by atoms with Crippen molar-refractivity contribution >= 4 is 17.7 Å². The standard InChI is InChI=1S/C15H20ClFN2O2/c1-15(2,3)21-14(20)19-5-4-18-13(9-19)10-6-11(16)8-12(17)7-10/h6-8,13,18H,4-5,9H2,1-3H3. The van der Waals surface area contributed by atoms with E-state index < -0.39 is 5.60 Å². The molecule has 6 heteroatoms. The molecule has 1 aromatic rings. The average Bonchev–Trinajstić information content (AvgIpc) is 2.36. The highest BCUT2D eigenvalue weighted by molar-refractivity contribution is 6.30. The Morgan fingerprint density at radius 1 is 1.43 bits per heavy atom. The van der Waals surface area contributed by atoms with E-state index in [0.29, 0.717) is 24.7 Å². The summed E-state index contributed by atoms with van der Waals surface area (Å²) in [6.45, 7) is 7.10. The molecule has 1 aliphatic heterocycles. The zero-order valence-electron chi connectivity index (χ0n) is 12.5. The van der Waals surface area contributed by atoms with Crippen LogP contribution in [-0.2, 0) is 4.74 Å². The lowest BCUT2D eigenvalue weighted by Gasteiger charge is -2.35. The molecule has 0 aliphatic carbocycles. The van der Waals surface area contributed by atoms with Crippen molar-refractivity contribution in [2.24, 2.45) is 0 Å². The van der Waals surface area contributed by atoms with Gasteiger partial charge in [-0.1, -0.05) is 11.6 Å². The summed E-state index contributed by atoms with van der Waals surface area (Å²) >= 11 is 5.88. The molecule has 0 aromatic heterocycles. The fourth-order valence-corrected chi connectivity index (χ4v) is 2.47. The molecule has 1 unspecified atom stereocenters. The number of hydrogen-bond donors (Lipinski definition) is 1. The van der Waals surface area contributed by atoms with Crippen LogP contribution < -0.4 is 5.32 Å². The Balaban J connectivity index is 2.08. The van der Waals surface area contributed by atoms with Crippen molar-refractivity contribution in [3.05, 3.63) is 34.6 Å². The van der Waals surface area contributed by atoms with Crippen LogP contribution in [0.25, 0.3) is 0 Å². The van der Waals surface area contributed by atoms with Gasteiger partial charge in [0.05, 0.1) is 6.04 Å². The Labute approximate surface area is 129 Å². The van der Waals surface area contributed by atoms with Gasteiger partial charge < -0.3 is 15.0 Å². The SMILES string of the molecule is CC(C)(C)OC(=O)N1CCNC(c2cc(F)cc(Cl)c2)C1. The summed E-state index contributed by atoms with van der Waals surface area (Å²) in [4.78, 5) is 13.7. The average molecular weight is 315 g/mol. The van der Waals surface area contributed by atoms with Gasteiger partial charge in [0, 0.05) is 24.7 Å². The molecule has 1 aliphatic rings. The summed E-state index contributed by atoms with van der Waals surface area (Å²) in [6, 6.07) is 4.25. The van der Waals surface area contributed by atoms with E-state index >= 15 is 0 Å². The van der Waals surface area contributed by atoms with Crippen LogP contribution in [0.15, 0.2) is 18.2 Å². The molecule has 116 valence electrons. The molecule has 1 amide bonds. The predicted molar refractivity (Wildman–Crippen MR) is 80.0 cm³/mol. The lowest BCUT2D eigenvalue weighted by Crippen LogP contribution is -2.49. The third kappa shape index (κ3) is 4.58. The molecule has 1 heterocycles. The Kier molecular flexibility index (Phi) is 4.74.